The smallest absolute Gasteiger partial charge is 0.0313 e. The van der Waals surface area contributed by atoms with E-state index < -0.39 is 0 Å². The first kappa shape index (κ1) is 7.51. The van der Waals surface area contributed by atoms with Gasteiger partial charge in [0.2, 0.25) is 0 Å². The van der Waals surface area contributed by atoms with Crippen LogP contribution >= 0.6 is 0 Å². The van der Waals surface area contributed by atoms with Gasteiger partial charge in [0.1, 0.15) is 0 Å². The maximum Gasteiger partial charge on any atom is 0.0313 e. The average Bonchev–Trinajstić information content (AvgIpc) is 1.94. The van der Waals surface area contributed by atoms with E-state index in [-0.39, 0.29) is 0 Å². The predicted molar refractivity (Wildman–Crippen MR) is 35.8 cm³/mol. The van der Waals surface area contributed by atoms with Crippen molar-refractivity contribution in [1.29, 1.82) is 5.26 Å². The highest BCUT2D eigenvalue weighted by molar-refractivity contribution is 5.35. The lowest BCUT2D eigenvalue weighted by Crippen LogP contribution is -1.79. The molecule has 0 aliphatic rings. The monoisotopic (exact) mass is 119 g/mol. The van der Waals surface area contributed by atoms with Crippen LogP contribution in [-0.4, -0.2) is 0 Å². The molecule has 1 aromatic carbocycles. The maximum atomic E-state index is 6.25. The van der Waals surface area contributed by atoms with Gasteiger partial charge in [-0.3, -0.25) is 0 Å². The zero-order chi connectivity index (χ0) is 7.11. The molecular weight excluding hydrogens is 112 g/mol. The number of nitrogens with two attached hydrogens (primary N) is 1. The van der Waals surface area contributed by atoms with Gasteiger partial charge in [0.25, 0.3) is 0 Å². The first-order valence-electron chi connectivity index (χ1n) is 2.42. The second-order valence-corrected chi connectivity index (χ2v) is 1.41. The molecule has 0 bridgehead atoms. The van der Waals surface area contributed by atoms with E-state index in [1.165, 1.54) is 0 Å². The van der Waals surface area contributed by atoms with Crippen LogP contribution in [0, 0.1) is 11.8 Å². The van der Waals surface area contributed by atoms with Crippen molar-refractivity contribution in [1.82, 2.24) is 0 Å². The minimum Gasteiger partial charge on any atom is -0.512 e. The largest absolute Gasteiger partial charge is 0.512 e. The molecule has 0 fully saturated rings. The highest BCUT2D eigenvalue weighted by Gasteiger charge is 1.72. The Labute approximate surface area is 54.5 Å². The second kappa shape index (κ2) is 4.66. The highest BCUT2D eigenvalue weighted by atomic mass is 14.5. The van der Waals surface area contributed by atoms with E-state index in [0.717, 1.165) is 5.69 Å². The Morgan fingerprint density at radius 3 is 1.78 bits per heavy atom. The first-order chi connectivity index (χ1) is 4.39. The van der Waals surface area contributed by atoms with Gasteiger partial charge in [0, 0.05) is 5.69 Å². The number of nitrogen functional groups attached to an aromatic ring is 1. The minimum absolute atomic E-state index is 0.822. The van der Waals surface area contributed by atoms with Gasteiger partial charge in [-0.1, -0.05) is 18.2 Å². The van der Waals surface area contributed by atoms with Crippen molar-refractivity contribution < 1.29 is 0 Å². The molecule has 0 aromatic heterocycles. The van der Waals surface area contributed by atoms with Crippen molar-refractivity contribution in [3.8, 4) is 0 Å². The Bertz CT molecular complexity index is 167. The standard InChI is InChI=1S/C6H7N.CN/c7-6-4-2-1-3-5-6;1-2/h1-5H,7H2;/q;-1. The summed E-state index contributed by atoms with van der Waals surface area (Å²) < 4.78 is 0. The van der Waals surface area contributed by atoms with Gasteiger partial charge in [-0.05, 0) is 12.1 Å². The van der Waals surface area contributed by atoms with Gasteiger partial charge in [-0.2, -0.15) is 0 Å². The van der Waals surface area contributed by atoms with E-state index in [1.807, 2.05) is 30.3 Å². The Hall–Kier alpha value is -1.49. The fourth-order valence-electron chi connectivity index (χ4n) is 0.453. The van der Waals surface area contributed by atoms with Gasteiger partial charge < -0.3 is 17.6 Å². The molecule has 2 heteroatoms. The van der Waals surface area contributed by atoms with Crippen molar-refractivity contribution in [2.45, 2.75) is 0 Å². The Morgan fingerprint density at radius 2 is 1.56 bits per heavy atom. The highest BCUT2D eigenvalue weighted by Crippen LogP contribution is 1.95. The zero-order valence-corrected chi connectivity index (χ0v) is 4.91. The number of nitrogens with zero attached hydrogens (tertiary/aromatic N) is 1. The third-order valence-corrected chi connectivity index (χ3v) is 0.800. The van der Waals surface area contributed by atoms with Gasteiger partial charge in [-0.15, -0.1) is 0 Å². The Kier molecular flexibility index (Phi) is 3.89. The molecule has 0 unspecified atom stereocenters. The summed E-state index contributed by atoms with van der Waals surface area (Å²) in [6.07, 6.45) is 0. The van der Waals surface area contributed by atoms with Gasteiger partial charge >= 0.3 is 0 Å². The van der Waals surface area contributed by atoms with E-state index >= 15 is 0 Å². The van der Waals surface area contributed by atoms with Crippen LogP contribution in [0.25, 0.3) is 0 Å². The van der Waals surface area contributed by atoms with E-state index in [4.69, 9.17) is 17.6 Å². The fourth-order valence-corrected chi connectivity index (χ4v) is 0.453. The van der Waals surface area contributed by atoms with Gasteiger partial charge in [0.15, 0.2) is 0 Å². The number of benzene rings is 1. The molecule has 0 atom stereocenters. The summed E-state index contributed by atoms with van der Waals surface area (Å²) in [6, 6.07) is 9.49. The molecule has 0 saturated carbocycles. The molecule has 1 rings (SSSR count). The van der Waals surface area contributed by atoms with Gasteiger partial charge in [-0.25, -0.2) is 0 Å². The van der Waals surface area contributed by atoms with E-state index in [1.54, 1.807) is 0 Å². The minimum atomic E-state index is 0.822. The average molecular weight is 119 g/mol. The first-order valence-corrected chi connectivity index (χ1v) is 2.42. The summed E-state index contributed by atoms with van der Waals surface area (Å²) >= 11 is 0. The number of hydrogen-bond donors (Lipinski definition) is 1. The molecule has 0 spiro atoms. The topological polar surface area (TPSA) is 49.8 Å². The van der Waals surface area contributed by atoms with Crippen LogP contribution in [0.5, 0.6) is 0 Å². The lowest BCUT2D eigenvalue weighted by molar-refractivity contribution is 1.53. The lowest BCUT2D eigenvalue weighted by Gasteiger charge is -1.83. The van der Waals surface area contributed by atoms with Crippen molar-refractivity contribution in [3.63, 3.8) is 0 Å². The number of hydrogen-bond acceptors (Lipinski definition) is 2. The quantitative estimate of drug-likeness (QED) is 0.414. The number of anilines is 1. The Morgan fingerprint density at radius 1 is 1.11 bits per heavy atom. The summed E-state index contributed by atoms with van der Waals surface area (Å²) in [5, 5.41) is 6.25. The lowest BCUT2D eigenvalue weighted by atomic mass is 10.3. The molecule has 2 N–H and O–H groups in total. The summed E-state index contributed by atoms with van der Waals surface area (Å²) in [5.74, 6) is 0. The summed E-state index contributed by atoms with van der Waals surface area (Å²) in [6.45, 7) is 4.75. The maximum absolute atomic E-state index is 6.25. The molecular formula is C7H7N2-. The second-order valence-electron chi connectivity index (χ2n) is 1.41. The fraction of sp³-hybridized carbons (Fsp3) is 0. The Balaban J connectivity index is 0.000000291. The molecule has 1 aromatic rings. The van der Waals surface area contributed by atoms with Gasteiger partial charge in [0.05, 0.1) is 0 Å². The molecule has 0 aliphatic heterocycles. The third kappa shape index (κ3) is 3.12. The molecule has 9 heavy (non-hydrogen) atoms. The van der Waals surface area contributed by atoms with Crippen LogP contribution < -0.4 is 5.73 Å². The number of rotatable bonds is 0. The van der Waals surface area contributed by atoms with Crippen molar-refractivity contribution >= 4 is 5.69 Å². The molecule has 46 valence electrons. The molecule has 0 heterocycles. The summed E-state index contributed by atoms with van der Waals surface area (Å²) in [7, 11) is 0. The van der Waals surface area contributed by atoms with Crippen LogP contribution in [0.15, 0.2) is 30.3 Å². The molecule has 0 saturated heterocycles. The normalized spacial score (nSPS) is 6.89. The molecule has 0 amide bonds. The third-order valence-electron chi connectivity index (χ3n) is 0.800. The van der Waals surface area contributed by atoms with Crippen LogP contribution in [-0.2, 0) is 0 Å². The van der Waals surface area contributed by atoms with Crippen molar-refractivity contribution in [3.05, 3.63) is 36.9 Å². The zero-order valence-electron chi connectivity index (χ0n) is 4.91. The van der Waals surface area contributed by atoms with Crippen molar-refractivity contribution in [2.24, 2.45) is 0 Å². The molecule has 0 radical (unpaired) electrons. The summed E-state index contributed by atoms with van der Waals surface area (Å²) in [4.78, 5) is 0. The molecule has 0 aliphatic carbocycles. The van der Waals surface area contributed by atoms with Crippen molar-refractivity contribution in [2.75, 3.05) is 5.73 Å². The van der Waals surface area contributed by atoms with Crippen LogP contribution in [0.4, 0.5) is 5.69 Å². The SMILES string of the molecule is Nc1ccccc1.[C-]#N. The number of para-hydroxylation sites is 1. The predicted octanol–water partition coefficient (Wildman–Crippen LogP) is 1.37. The van der Waals surface area contributed by atoms with E-state index in [9.17, 15) is 0 Å². The van der Waals surface area contributed by atoms with Crippen LogP contribution in [0.1, 0.15) is 0 Å². The van der Waals surface area contributed by atoms with E-state index in [2.05, 4.69) is 0 Å². The molecule has 2 nitrogen and oxygen atoms in total. The van der Waals surface area contributed by atoms with Crippen LogP contribution in [0.2, 0.25) is 0 Å². The van der Waals surface area contributed by atoms with Crippen LogP contribution in [0.3, 0.4) is 0 Å². The van der Waals surface area contributed by atoms with E-state index in [0.29, 0.717) is 0 Å². The summed E-state index contributed by atoms with van der Waals surface area (Å²) in [5.41, 5.74) is 6.18.